The number of rotatable bonds is 2. The van der Waals surface area contributed by atoms with Gasteiger partial charge >= 0.3 is 0 Å². The quantitative estimate of drug-likeness (QED) is 0.624. The Morgan fingerprint density at radius 3 is 2.85 bits per heavy atom. The number of hydrogen-bond donors (Lipinski definition) is 1. The van der Waals surface area contributed by atoms with Gasteiger partial charge in [-0.2, -0.15) is 5.10 Å². The predicted molar refractivity (Wildman–Crippen MR) is 59.0 cm³/mol. The van der Waals surface area contributed by atoms with Gasteiger partial charge in [-0.15, -0.1) is 0 Å². The zero-order valence-corrected chi connectivity index (χ0v) is 9.30. The van der Waals surface area contributed by atoms with Gasteiger partial charge in [-0.05, 0) is 35.0 Å². The minimum atomic E-state index is 0.742. The molecule has 1 rings (SSSR count). The third kappa shape index (κ3) is 2.45. The molecule has 1 N–H and O–H groups in total. The lowest BCUT2D eigenvalue weighted by Gasteiger charge is -2.01. The Labute approximate surface area is 86.3 Å². The van der Waals surface area contributed by atoms with E-state index in [1.807, 2.05) is 26.2 Å². The van der Waals surface area contributed by atoms with Crippen molar-refractivity contribution in [3.63, 3.8) is 0 Å². The third-order valence-electron chi connectivity index (χ3n) is 1.62. The summed E-state index contributed by atoms with van der Waals surface area (Å²) in [5, 5.41) is 7.22. The fraction of sp³-hybridized carbons (Fsp3) is 0.222. The largest absolute Gasteiger partial charge is 0.372 e. The minimum Gasteiger partial charge on any atom is -0.372 e. The van der Waals surface area contributed by atoms with Crippen LogP contribution in [0.3, 0.4) is 0 Å². The Hall–Kier alpha value is -1.03. The molecule has 0 radical (unpaired) electrons. The highest BCUT2D eigenvalue weighted by Crippen LogP contribution is 2.13. The van der Waals surface area contributed by atoms with Gasteiger partial charge in [0.2, 0.25) is 0 Å². The topological polar surface area (TPSA) is 29.3 Å². The molecule has 1 aromatic heterocycles. The van der Waals surface area contributed by atoms with Crippen molar-refractivity contribution in [3.8, 4) is 0 Å². The molecule has 0 bridgehead atoms. The van der Waals surface area contributed by atoms with Gasteiger partial charge in [-0.1, -0.05) is 6.58 Å². The molecule has 0 atom stereocenters. The van der Waals surface area contributed by atoms with Crippen LogP contribution in [-0.2, 0) is 0 Å². The van der Waals surface area contributed by atoms with E-state index in [1.165, 1.54) is 0 Å². The van der Waals surface area contributed by atoms with Crippen LogP contribution in [0.25, 0.3) is 0 Å². The average Bonchev–Trinajstić information content (AvgIpc) is 2.41. The molecule has 0 aromatic carbocycles. The van der Waals surface area contributed by atoms with E-state index in [9.17, 15) is 0 Å². The highest BCUT2D eigenvalue weighted by atomic mass is 79.9. The van der Waals surface area contributed by atoms with Gasteiger partial charge in [0, 0.05) is 23.4 Å². The number of likely N-dealkylation sites (N-methyl/N-ethyl adjacent to an activating group) is 1. The van der Waals surface area contributed by atoms with Crippen LogP contribution in [0.4, 0.5) is 0 Å². The summed E-state index contributed by atoms with van der Waals surface area (Å²) in [4.78, 5) is 0. The number of aryl methyl sites for hydroxylation is 1. The van der Waals surface area contributed by atoms with Gasteiger partial charge in [0.15, 0.2) is 0 Å². The van der Waals surface area contributed by atoms with E-state index < -0.39 is 0 Å². The fourth-order valence-electron chi connectivity index (χ4n) is 0.938. The summed E-state index contributed by atoms with van der Waals surface area (Å²) >= 11 is 3.38. The van der Waals surface area contributed by atoms with Gasteiger partial charge < -0.3 is 5.32 Å². The average molecular weight is 242 g/mol. The maximum atomic E-state index is 4.29. The summed E-state index contributed by atoms with van der Waals surface area (Å²) in [6.07, 6.45) is 3.57. The van der Waals surface area contributed by atoms with Crippen LogP contribution < -0.4 is 5.32 Å². The van der Waals surface area contributed by atoms with Gasteiger partial charge in [0.1, 0.15) is 5.84 Å². The van der Waals surface area contributed by atoms with Gasteiger partial charge in [-0.3, -0.25) is 0 Å². The molecule has 0 saturated carbocycles. The molecule has 0 aliphatic heterocycles. The van der Waals surface area contributed by atoms with Crippen LogP contribution >= 0.6 is 15.9 Å². The van der Waals surface area contributed by atoms with Gasteiger partial charge in [0.25, 0.3) is 0 Å². The van der Waals surface area contributed by atoms with Crippen molar-refractivity contribution in [2.45, 2.75) is 6.92 Å². The molecule has 0 amide bonds. The number of nitrogens with one attached hydrogen (secondary N) is 1. The Morgan fingerprint density at radius 1 is 1.77 bits per heavy atom. The lowest BCUT2D eigenvalue weighted by molar-refractivity contribution is 0.837. The summed E-state index contributed by atoms with van der Waals surface area (Å²) in [6, 6.07) is 2.00. The van der Waals surface area contributed by atoms with E-state index in [-0.39, 0.29) is 0 Å². The lowest BCUT2D eigenvalue weighted by Crippen LogP contribution is -2.16. The minimum absolute atomic E-state index is 0.742. The fourth-order valence-corrected chi connectivity index (χ4v) is 1.46. The molecular formula is C9H12BrN3. The Kier molecular flexibility index (Phi) is 3.31. The van der Waals surface area contributed by atoms with Crippen molar-refractivity contribution in [1.29, 1.82) is 0 Å². The number of nitrogens with zero attached hydrogens (tertiary/aromatic N) is 2. The Bertz CT molecular complexity index is 339. The van der Waals surface area contributed by atoms with E-state index in [2.05, 4.69) is 32.9 Å². The number of amidine groups is 1. The molecule has 3 nitrogen and oxygen atoms in total. The molecule has 0 spiro atoms. The van der Waals surface area contributed by atoms with Crippen molar-refractivity contribution in [2.75, 3.05) is 7.05 Å². The van der Waals surface area contributed by atoms with Gasteiger partial charge in [-0.25, -0.2) is 4.68 Å². The normalized spacial score (nSPS) is 11.5. The van der Waals surface area contributed by atoms with E-state index >= 15 is 0 Å². The Balaban J connectivity index is 3.01. The van der Waals surface area contributed by atoms with E-state index in [0.717, 1.165) is 16.0 Å². The second-order valence-electron chi connectivity index (χ2n) is 2.58. The third-order valence-corrected chi connectivity index (χ3v) is 2.05. The first-order valence-electron chi connectivity index (χ1n) is 3.91. The molecule has 70 valence electrons. The molecule has 0 aliphatic carbocycles. The van der Waals surface area contributed by atoms with E-state index in [4.69, 9.17) is 0 Å². The molecule has 13 heavy (non-hydrogen) atoms. The van der Waals surface area contributed by atoms with Crippen molar-refractivity contribution in [2.24, 2.45) is 5.10 Å². The van der Waals surface area contributed by atoms with Crippen LogP contribution in [-0.4, -0.2) is 17.6 Å². The molecule has 0 saturated heterocycles. The van der Waals surface area contributed by atoms with Crippen molar-refractivity contribution in [3.05, 3.63) is 35.1 Å². The smallest absolute Gasteiger partial charge is 0.146 e. The standard InChI is InChI=1S/C9H12BrN3/c1-4-9(11-3)12-13-6-8(10)5-7(13)2/h4-6H,1H2,2-3H3,(H,11,12). The first-order valence-corrected chi connectivity index (χ1v) is 4.70. The van der Waals surface area contributed by atoms with Crippen molar-refractivity contribution in [1.82, 2.24) is 9.99 Å². The van der Waals surface area contributed by atoms with Crippen LogP contribution in [0.15, 0.2) is 34.5 Å². The number of halogens is 1. The zero-order valence-electron chi connectivity index (χ0n) is 7.71. The molecule has 1 heterocycles. The molecular weight excluding hydrogens is 230 g/mol. The highest BCUT2D eigenvalue weighted by Gasteiger charge is 1.98. The van der Waals surface area contributed by atoms with E-state index in [0.29, 0.717) is 0 Å². The van der Waals surface area contributed by atoms with Crippen LogP contribution in [0.5, 0.6) is 0 Å². The molecule has 0 aliphatic rings. The monoisotopic (exact) mass is 241 g/mol. The van der Waals surface area contributed by atoms with Crippen molar-refractivity contribution >= 4 is 21.8 Å². The van der Waals surface area contributed by atoms with Crippen molar-refractivity contribution < 1.29 is 0 Å². The number of aromatic nitrogens is 1. The van der Waals surface area contributed by atoms with Gasteiger partial charge in [0.05, 0.1) is 0 Å². The van der Waals surface area contributed by atoms with E-state index in [1.54, 1.807) is 10.8 Å². The maximum absolute atomic E-state index is 4.29. The second-order valence-corrected chi connectivity index (χ2v) is 3.50. The van der Waals surface area contributed by atoms with Crippen LogP contribution in [0.1, 0.15) is 5.69 Å². The summed E-state index contributed by atoms with van der Waals surface area (Å²) in [6.45, 7) is 5.64. The highest BCUT2D eigenvalue weighted by molar-refractivity contribution is 9.10. The summed E-state index contributed by atoms with van der Waals surface area (Å²) < 4.78 is 2.81. The number of hydrogen-bond acceptors (Lipinski definition) is 1. The SMILES string of the molecule is C=C/C(=N/n1cc(Br)cc1C)NC. The summed E-state index contributed by atoms with van der Waals surface area (Å²) in [7, 11) is 1.81. The molecule has 4 heteroatoms. The maximum Gasteiger partial charge on any atom is 0.146 e. The van der Waals surface area contributed by atoms with Crippen LogP contribution in [0, 0.1) is 6.92 Å². The van der Waals surface area contributed by atoms with Crippen LogP contribution in [0.2, 0.25) is 0 Å². The summed E-state index contributed by atoms with van der Waals surface area (Å²) in [5.41, 5.74) is 1.07. The first-order chi connectivity index (χ1) is 6.17. The molecule has 0 unspecified atom stereocenters. The second kappa shape index (κ2) is 4.28. The first kappa shape index (κ1) is 10.1. The Morgan fingerprint density at radius 2 is 2.46 bits per heavy atom. The summed E-state index contributed by atoms with van der Waals surface area (Å²) in [5.74, 6) is 0.742. The lowest BCUT2D eigenvalue weighted by atomic mass is 10.5. The predicted octanol–water partition coefficient (Wildman–Crippen LogP) is 2.13. The zero-order chi connectivity index (χ0) is 9.84. The molecule has 0 fully saturated rings. The molecule has 1 aromatic rings.